The molecule has 1 aromatic rings. The van der Waals surface area contributed by atoms with Gasteiger partial charge in [-0.05, 0) is 25.7 Å². The van der Waals surface area contributed by atoms with Gasteiger partial charge in [0.2, 0.25) is 0 Å². The van der Waals surface area contributed by atoms with Crippen LogP contribution in [0.3, 0.4) is 0 Å². The van der Waals surface area contributed by atoms with Crippen molar-refractivity contribution in [2.24, 2.45) is 11.3 Å². The van der Waals surface area contributed by atoms with Gasteiger partial charge in [0, 0.05) is 36.9 Å². The molecule has 1 saturated heterocycles. The van der Waals surface area contributed by atoms with Crippen molar-refractivity contribution < 1.29 is 9.53 Å². The van der Waals surface area contributed by atoms with Crippen LogP contribution in [0, 0.1) is 25.2 Å². The molecule has 2 amide bonds. The van der Waals surface area contributed by atoms with E-state index in [1.165, 1.54) is 4.88 Å². The van der Waals surface area contributed by atoms with E-state index in [0.717, 1.165) is 30.2 Å². The largest absolute Gasteiger partial charge is 0.377 e. The summed E-state index contributed by atoms with van der Waals surface area (Å²) in [5.41, 5.74) is 1.19. The van der Waals surface area contributed by atoms with E-state index >= 15 is 0 Å². The van der Waals surface area contributed by atoms with E-state index in [0.29, 0.717) is 19.0 Å². The molecule has 6 heteroatoms. The van der Waals surface area contributed by atoms with Crippen LogP contribution in [0.4, 0.5) is 4.79 Å². The number of ether oxygens (including phenoxy) is 1. The number of nitrogens with one attached hydrogen (secondary N) is 2. The maximum Gasteiger partial charge on any atom is 0.314 e. The monoisotopic (exact) mass is 339 g/mol. The summed E-state index contributed by atoms with van der Waals surface area (Å²) < 4.78 is 5.84. The summed E-state index contributed by atoms with van der Waals surface area (Å²) in [6, 6.07) is -0.0940. The molecule has 2 N–H and O–H groups in total. The van der Waals surface area contributed by atoms with E-state index in [2.05, 4.69) is 36.4 Å². The normalized spacial score (nSPS) is 21.4. The highest BCUT2D eigenvalue weighted by Crippen LogP contribution is 2.34. The number of aromatic nitrogens is 1. The molecule has 0 bridgehead atoms. The summed E-state index contributed by atoms with van der Waals surface area (Å²) in [5, 5.41) is 7.00. The third kappa shape index (κ3) is 5.18. The Labute approximate surface area is 143 Å². The number of aryl methyl sites for hydroxylation is 2. The number of thiazole rings is 1. The zero-order valence-corrected chi connectivity index (χ0v) is 15.7. The smallest absolute Gasteiger partial charge is 0.314 e. The number of rotatable bonds is 5. The number of amides is 2. The molecule has 1 fully saturated rings. The quantitative estimate of drug-likeness (QED) is 0.866. The van der Waals surface area contributed by atoms with Gasteiger partial charge in [-0.15, -0.1) is 11.3 Å². The lowest BCUT2D eigenvalue weighted by Gasteiger charge is -2.31. The van der Waals surface area contributed by atoms with Crippen LogP contribution in [0.1, 0.15) is 42.8 Å². The molecule has 130 valence electrons. The third-order valence-corrected chi connectivity index (χ3v) is 5.36. The molecule has 2 atom stereocenters. The fourth-order valence-corrected chi connectivity index (χ4v) is 4.12. The SMILES string of the molecule is Cc1nc(C)c(CCNC(=O)NC[C@H]2CCO[C@@H]2C(C)(C)C)s1. The van der Waals surface area contributed by atoms with Crippen LogP contribution in [0.2, 0.25) is 0 Å². The summed E-state index contributed by atoms with van der Waals surface area (Å²) in [6.07, 6.45) is 2.06. The fraction of sp³-hybridized carbons (Fsp3) is 0.765. The van der Waals surface area contributed by atoms with E-state index in [1.807, 2.05) is 13.8 Å². The maximum absolute atomic E-state index is 12.0. The molecule has 1 aromatic heterocycles. The first-order chi connectivity index (χ1) is 10.8. The summed E-state index contributed by atoms with van der Waals surface area (Å²) in [4.78, 5) is 17.6. The molecule has 0 aromatic carbocycles. The van der Waals surface area contributed by atoms with Crippen molar-refractivity contribution in [1.29, 1.82) is 0 Å². The summed E-state index contributed by atoms with van der Waals surface area (Å²) in [5.74, 6) is 0.396. The van der Waals surface area contributed by atoms with Crippen LogP contribution < -0.4 is 10.6 Å². The van der Waals surface area contributed by atoms with Crippen LogP contribution in [-0.2, 0) is 11.2 Å². The van der Waals surface area contributed by atoms with Gasteiger partial charge in [0.25, 0.3) is 0 Å². The van der Waals surface area contributed by atoms with Gasteiger partial charge in [0.05, 0.1) is 16.8 Å². The minimum absolute atomic E-state index is 0.0940. The molecule has 0 aliphatic carbocycles. The number of nitrogens with zero attached hydrogens (tertiary/aromatic N) is 1. The Balaban J connectivity index is 1.70. The number of carbonyl (C=O) groups is 1. The van der Waals surface area contributed by atoms with Gasteiger partial charge in [-0.1, -0.05) is 20.8 Å². The van der Waals surface area contributed by atoms with Gasteiger partial charge >= 0.3 is 6.03 Å². The number of urea groups is 1. The standard InChI is InChI=1S/C17H29N3O2S/c1-11-14(23-12(2)20-11)6-8-18-16(21)19-10-13-7-9-22-15(13)17(3,4)5/h13,15H,6-10H2,1-5H3,(H2,18,19,21)/t13-,15+/m1/s1. The maximum atomic E-state index is 12.0. The Morgan fingerprint density at radius 2 is 2.09 bits per heavy atom. The summed E-state index contributed by atoms with van der Waals surface area (Å²) in [6.45, 7) is 12.7. The van der Waals surface area contributed by atoms with Gasteiger partial charge in [-0.3, -0.25) is 0 Å². The molecule has 0 saturated carbocycles. The molecular weight excluding hydrogens is 310 g/mol. The van der Waals surface area contributed by atoms with Gasteiger partial charge in [-0.25, -0.2) is 9.78 Å². The Morgan fingerprint density at radius 3 is 2.70 bits per heavy atom. The van der Waals surface area contributed by atoms with E-state index in [4.69, 9.17) is 4.74 Å². The van der Waals surface area contributed by atoms with Crippen molar-refractivity contribution in [2.45, 2.75) is 53.6 Å². The minimum atomic E-state index is -0.0940. The van der Waals surface area contributed by atoms with Crippen LogP contribution in [0.15, 0.2) is 0 Å². The summed E-state index contributed by atoms with van der Waals surface area (Å²) >= 11 is 1.70. The van der Waals surface area contributed by atoms with Crippen molar-refractivity contribution in [1.82, 2.24) is 15.6 Å². The highest BCUT2D eigenvalue weighted by atomic mass is 32.1. The molecule has 1 aliphatic heterocycles. The lowest BCUT2D eigenvalue weighted by molar-refractivity contribution is 0.00775. The van der Waals surface area contributed by atoms with E-state index in [9.17, 15) is 4.79 Å². The highest BCUT2D eigenvalue weighted by molar-refractivity contribution is 7.11. The molecule has 23 heavy (non-hydrogen) atoms. The lowest BCUT2D eigenvalue weighted by atomic mass is 9.81. The zero-order chi connectivity index (χ0) is 17.0. The van der Waals surface area contributed by atoms with Gasteiger partial charge < -0.3 is 15.4 Å². The molecule has 0 unspecified atom stereocenters. The van der Waals surface area contributed by atoms with Gasteiger partial charge in [-0.2, -0.15) is 0 Å². The molecule has 0 spiro atoms. The Morgan fingerprint density at radius 1 is 1.35 bits per heavy atom. The Bertz CT molecular complexity index is 536. The van der Waals surface area contributed by atoms with Crippen LogP contribution >= 0.6 is 11.3 Å². The molecule has 1 aliphatic rings. The highest BCUT2D eigenvalue weighted by Gasteiger charge is 2.37. The Hall–Kier alpha value is -1.14. The van der Waals surface area contributed by atoms with Gasteiger partial charge in [0.15, 0.2) is 0 Å². The predicted octanol–water partition coefficient (Wildman–Crippen LogP) is 3.05. The van der Waals surface area contributed by atoms with E-state index in [1.54, 1.807) is 11.3 Å². The van der Waals surface area contributed by atoms with Crippen molar-refractivity contribution in [3.63, 3.8) is 0 Å². The van der Waals surface area contributed by atoms with Crippen LogP contribution in [-0.4, -0.2) is 36.8 Å². The molecule has 5 nitrogen and oxygen atoms in total. The summed E-state index contributed by atoms with van der Waals surface area (Å²) in [7, 11) is 0. The first-order valence-corrected chi connectivity index (χ1v) is 9.15. The first kappa shape index (κ1) is 18.2. The molecule has 0 radical (unpaired) electrons. The number of hydrogen-bond acceptors (Lipinski definition) is 4. The van der Waals surface area contributed by atoms with E-state index < -0.39 is 0 Å². The second-order valence-corrected chi connectivity index (χ2v) is 8.62. The second-order valence-electron chi connectivity index (χ2n) is 7.33. The average molecular weight is 340 g/mol. The Kier molecular flexibility index (Phi) is 6.03. The molecule has 2 heterocycles. The van der Waals surface area contributed by atoms with Crippen LogP contribution in [0.25, 0.3) is 0 Å². The lowest BCUT2D eigenvalue weighted by Crippen LogP contribution is -2.42. The topological polar surface area (TPSA) is 63.2 Å². The fourth-order valence-electron chi connectivity index (χ4n) is 3.18. The average Bonchev–Trinajstić information content (AvgIpc) is 3.03. The van der Waals surface area contributed by atoms with Crippen molar-refractivity contribution in [3.05, 3.63) is 15.6 Å². The number of carbonyl (C=O) groups excluding carboxylic acids is 1. The van der Waals surface area contributed by atoms with Crippen molar-refractivity contribution in [3.8, 4) is 0 Å². The third-order valence-electron chi connectivity index (χ3n) is 4.23. The minimum Gasteiger partial charge on any atom is -0.377 e. The molecular formula is C17H29N3O2S. The van der Waals surface area contributed by atoms with E-state index in [-0.39, 0.29) is 17.6 Å². The second kappa shape index (κ2) is 7.62. The first-order valence-electron chi connectivity index (χ1n) is 8.33. The number of hydrogen-bond donors (Lipinski definition) is 2. The zero-order valence-electron chi connectivity index (χ0n) is 14.9. The van der Waals surface area contributed by atoms with Crippen LogP contribution in [0.5, 0.6) is 0 Å². The molecule has 2 rings (SSSR count). The van der Waals surface area contributed by atoms with Crippen molar-refractivity contribution in [2.75, 3.05) is 19.7 Å². The van der Waals surface area contributed by atoms with Crippen molar-refractivity contribution >= 4 is 17.4 Å². The predicted molar refractivity (Wildman–Crippen MR) is 94.0 cm³/mol. The van der Waals surface area contributed by atoms with Gasteiger partial charge in [0.1, 0.15) is 0 Å².